The minimum Gasteiger partial charge on any atom is -0.311 e. The maximum Gasteiger partial charge on any atom is 0.0243 e. The summed E-state index contributed by atoms with van der Waals surface area (Å²) < 4.78 is 0. The summed E-state index contributed by atoms with van der Waals surface area (Å²) in [6.45, 7) is 11.7. The molecule has 90 valence electrons. The Morgan fingerprint density at radius 1 is 1.33 bits per heavy atom. The number of piperazine rings is 1. The van der Waals surface area contributed by atoms with Crippen LogP contribution in [0.5, 0.6) is 0 Å². The molecule has 1 aliphatic heterocycles. The van der Waals surface area contributed by atoms with Crippen molar-refractivity contribution < 1.29 is 0 Å². The lowest BCUT2D eigenvalue weighted by Gasteiger charge is -2.41. The first-order valence-corrected chi connectivity index (χ1v) is 6.48. The molecule has 1 aliphatic rings. The van der Waals surface area contributed by atoms with Crippen molar-refractivity contribution in [3.63, 3.8) is 0 Å². The third-order valence-corrected chi connectivity index (χ3v) is 3.75. The van der Waals surface area contributed by atoms with Gasteiger partial charge in [0.1, 0.15) is 0 Å². The quantitative estimate of drug-likeness (QED) is 0.769. The van der Waals surface area contributed by atoms with Gasteiger partial charge in [0.25, 0.3) is 0 Å². The Morgan fingerprint density at radius 2 is 2.00 bits per heavy atom. The molecule has 0 amide bonds. The molecule has 2 heteroatoms. The second-order valence-electron chi connectivity index (χ2n) is 5.63. The molecule has 2 nitrogen and oxygen atoms in total. The Hall–Kier alpha value is -0.0800. The summed E-state index contributed by atoms with van der Waals surface area (Å²) in [6, 6.07) is 1.44. The van der Waals surface area contributed by atoms with Gasteiger partial charge in [-0.15, -0.1) is 0 Å². The van der Waals surface area contributed by atoms with Gasteiger partial charge in [0, 0.05) is 25.2 Å². The molecule has 0 aliphatic carbocycles. The number of hydrogen-bond donors (Lipinski definition) is 1. The minimum atomic E-state index is 0.704. The predicted octanol–water partition coefficient (Wildman–Crippen LogP) is 2.35. The molecule has 3 unspecified atom stereocenters. The van der Waals surface area contributed by atoms with E-state index < -0.39 is 0 Å². The Bertz CT molecular complexity index is 179. The largest absolute Gasteiger partial charge is 0.311 e. The maximum atomic E-state index is 3.70. The van der Waals surface area contributed by atoms with Crippen molar-refractivity contribution in [2.75, 3.05) is 20.1 Å². The minimum absolute atomic E-state index is 0.704. The zero-order valence-electron chi connectivity index (χ0n) is 11.1. The van der Waals surface area contributed by atoms with Crippen molar-refractivity contribution in [1.82, 2.24) is 10.2 Å². The van der Waals surface area contributed by atoms with E-state index in [1.807, 2.05) is 0 Å². The summed E-state index contributed by atoms with van der Waals surface area (Å²) in [4.78, 5) is 2.55. The van der Waals surface area contributed by atoms with E-state index in [0.29, 0.717) is 6.04 Å². The third-order valence-electron chi connectivity index (χ3n) is 3.75. The molecular formula is C13H28N2. The van der Waals surface area contributed by atoms with Crippen molar-refractivity contribution in [1.29, 1.82) is 0 Å². The van der Waals surface area contributed by atoms with E-state index in [-0.39, 0.29) is 0 Å². The Kier molecular flexibility index (Phi) is 5.07. The number of hydrogen-bond acceptors (Lipinski definition) is 2. The van der Waals surface area contributed by atoms with E-state index in [2.05, 4.69) is 45.0 Å². The van der Waals surface area contributed by atoms with Crippen LogP contribution in [0, 0.1) is 11.8 Å². The topological polar surface area (TPSA) is 15.3 Å². The monoisotopic (exact) mass is 212 g/mol. The highest BCUT2D eigenvalue weighted by Crippen LogP contribution is 2.18. The van der Waals surface area contributed by atoms with Crippen molar-refractivity contribution in [3.8, 4) is 0 Å². The molecule has 0 aromatic heterocycles. The van der Waals surface area contributed by atoms with Crippen LogP contribution in [-0.4, -0.2) is 37.1 Å². The number of likely N-dealkylation sites (N-methyl/N-ethyl adjacent to an activating group) is 1. The van der Waals surface area contributed by atoms with E-state index >= 15 is 0 Å². The Labute approximate surface area is 95.4 Å². The van der Waals surface area contributed by atoms with Crippen LogP contribution >= 0.6 is 0 Å². The van der Waals surface area contributed by atoms with Gasteiger partial charge in [0.2, 0.25) is 0 Å². The first-order chi connectivity index (χ1) is 7.04. The van der Waals surface area contributed by atoms with Crippen molar-refractivity contribution in [3.05, 3.63) is 0 Å². The fourth-order valence-corrected chi connectivity index (χ4v) is 2.63. The molecule has 0 bridgehead atoms. The second kappa shape index (κ2) is 5.86. The predicted molar refractivity (Wildman–Crippen MR) is 67.1 cm³/mol. The van der Waals surface area contributed by atoms with Crippen LogP contribution in [0.1, 0.15) is 40.5 Å². The smallest absolute Gasteiger partial charge is 0.0243 e. The highest BCUT2D eigenvalue weighted by molar-refractivity contribution is 4.87. The van der Waals surface area contributed by atoms with E-state index in [0.717, 1.165) is 17.9 Å². The van der Waals surface area contributed by atoms with Crippen LogP contribution in [-0.2, 0) is 0 Å². The molecule has 1 fully saturated rings. The van der Waals surface area contributed by atoms with Gasteiger partial charge in [-0.2, -0.15) is 0 Å². The summed E-state index contributed by atoms with van der Waals surface area (Å²) >= 11 is 0. The highest BCUT2D eigenvalue weighted by Gasteiger charge is 2.28. The summed E-state index contributed by atoms with van der Waals surface area (Å²) in [7, 11) is 2.28. The SMILES string of the molecule is CCC(C)C1CNC(CC(C)C)CN1C. The van der Waals surface area contributed by atoms with Crippen molar-refractivity contribution in [2.24, 2.45) is 11.8 Å². The first-order valence-electron chi connectivity index (χ1n) is 6.48. The van der Waals surface area contributed by atoms with Crippen LogP contribution in [0.4, 0.5) is 0 Å². The third kappa shape index (κ3) is 3.76. The van der Waals surface area contributed by atoms with E-state index in [1.54, 1.807) is 0 Å². The standard InChI is InChI=1S/C13H28N2/c1-6-11(4)13-8-14-12(7-10(2)3)9-15(13)5/h10-14H,6-9H2,1-5H3. The van der Waals surface area contributed by atoms with Crippen LogP contribution in [0.25, 0.3) is 0 Å². The molecule has 1 N–H and O–H groups in total. The van der Waals surface area contributed by atoms with Gasteiger partial charge in [-0.25, -0.2) is 0 Å². The maximum absolute atomic E-state index is 3.70. The lowest BCUT2D eigenvalue weighted by molar-refractivity contribution is 0.112. The van der Waals surface area contributed by atoms with Gasteiger partial charge in [-0.05, 0) is 25.3 Å². The zero-order valence-corrected chi connectivity index (χ0v) is 11.1. The number of nitrogens with zero attached hydrogens (tertiary/aromatic N) is 1. The van der Waals surface area contributed by atoms with E-state index in [1.165, 1.54) is 25.9 Å². The average molecular weight is 212 g/mol. The average Bonchev–Trinajstić information content (AvgIpc) is 2.16. The molecule has 0 aromatic carbocycles. The van der Waals surface area contributed by atoms with Gasteiger partial charge < -0.3 is 10.2 Å². The Balaban J connectivity index is 2.40. The molecule has 3 atom stereocenters. The van der Waals surface area contributed by atoms with Crippen molar-refractivity contribution >= 4 is 0 Å². The summed E-state index contributed by atoms with van der Waals surface area (Å²) in [5.41, 5.74) is 0. The van der Waals surface area contributed by atoms with Crippen LogP contribution in [0.3, 0.4) is 0 Å². The molecule has 0 radical (unpaired) electrons. The molecule has 15 heavy (non-hydrogen) atoms. The lowest BCUT2D eigenvalue weighted by Crippen LogP contribution is -2.57. The fourth-order valence-electron chi connectivity index (χ4n) is 2.63. The zero-order chi connectivity index (χ0) is 11.4. The van der Waals surface area contributed by atoms with Gasteiger partial charge in [0.05, 0.1) is 0 Å². The van der Waals surface area contributed by atoms with Crippen molar-refractivity contribution in [2.45, 2.75) is 52.6 Å². The van der Waals surface area contributed by atoms with Crippen LogP contribution in [0.2, 0.25) is 0 Å². The van der Waals surface area contributed by atoms with E-state index in [4.69, 9.17) is 0 Å². The first kappa shape index (κ1) is 13.0. The summed E-state index contributed by atoms with van der Waals surface area (Å²) in [5.74, 6) is 1.61. The Morgan fingerprint density at radius 3 is 2.47 bits per heavy atom. The molecular weight excluding hydrogens is 184 g/mol. The molecule has 1 heterocycles. The summed E-state index contributed by atoms with van der Waals surface area (Å²) in [6.07, 6.45) is 2.59. The normalized spacial score (nSPS) is 30.8. The molecule has 0 saturated carbocycles. The fraction of sp³-hybridized carbons (Fsp3) is 1.00. The van der Waals surface area contributed by atoms with Gasteiger partial charge in [-0.1, -0.05) is 34.1 Å². The van der Waals surface area contributed by atoms with E-state index in [9.17, 15) is 0 Å². The van der Waals surface area contributed by atoms with Gasteiger partial charge >= 0.3 is 0 Å². The highest BCUT2D eigenvalue weighted by atomic mass is 15.2. The van der Waals surface area contributed by atoms with Crippen LogP contribution < -0.4 is 5.32 Å². The molecule has 0 aromatic rings. The lowest BCUT2D eigenvalue weighted by atomic mass is 9.93. The number of nitrogens with one attached hydrogen (secondary N) is 1. The molecule has 1 rings (SSSR count). The van der Waals surface area contributed by atoms with Gasteiger partial charge in [0.15, 0.2) is 0 Å². The van der Waals surface area contributed by atoms with Crippen LogP contribution in [0.15, 0.2) is 0 Å². The van der Waals surface area contributed by atoms with Gasteiger partial charge in [-0.3, -0.25) is 0 Å². The molecule has 0 spiro atoms. The number of rotatable bonds is 4. The molecule has 1 saturated heterocycles. The second-order valence-corrected chi connectivity index (χ2v) is 5.63. The summed E-state index contributed by atoms with van der Waals surface area (Å²) in [5, 5.41) is 3.70.